The fourth-order valence-electron chi connectivity index (χ4n) is 1.75. The molecule has 0 bridgehead atoms. The average Bonchev–Trinajstić information content (AvgIpc) is 2.46. The number of aliphatic carboxylic acids is 1. The molecule has 0 amide bonds. The van der Waals surface area contributed by atoms with Gasteiger partial charge < -0.3 is 5.11 Å². The first-order valence-corrected chi connectivity index (χ1v) is 7.35. The van der Waals surface area contributed by atoms with Gasteiger partial charge in [0.25, 0.3) is 0 Å². The Morgan fingerprint density at radius 2 is 1.68 bits per heavy atom. The average molecular weight is 347 g/mol. The molecule has 0 fully saturated rings. The number of carboxylic acid groups (broad SMARTS) is 1. The number of hydrogen-bond acceptors (Lipinski definition) is 2. The van der Waals surface area contributed by atoms with Crippen LogP contribution >= 0.6 is 23.4 Å². The highest BCUT2D eigenvalue weighted by molar-refractivity contribution is 7.99. The number of halogens is 4. The van der Waals surface area contributed by atoms with E-state index in [1.54, 1.807) is 24.3 Å². The molecule has 22 heavy (non-hydrogen) atoms. The molecule has 0 aromatic heterocycles. The molecular formula is C15H10ClF3O2S. The second-order valence-corrected chi connectivity index (χ2v) is 5.91. The van der Waals surface area contributed by atoms with Crippen molar-refractivity contribution in [1.29, 1.82) is 0 Å². The van der Waals surface area contributed by atoms with Crippen LogP contribution in [0, 0.1) is 0 Å². The Balaban J connectivity index is 2.26. The fraction of sp³-hybridized carbons (Fsp3) is 0.133. The van der Waals surface area contributed by atoms with Crippen molar-refractivity contribution in [3.63, 3.8) is 0 Å². The lowest BCUT2D eigenvalue weighted by atomic mass is 10.1. The number of hydrogen-bond donors (Lipinski definition) is 1. The van der Waals surface area contributed by atoms with Crippen LogP contribution in [-0.2, 0) is 11.0 Å². The van der Waals surface area contributed by atoms with Gasteiger partial charge in [-0.25, -0.2) is 0 Å². The van der Waals surface area contributed by atoms with Crippen molar-refractivity contribution in [3.8, 4) is 0 Å². The molecule has 1 N–H and O–H groups in total. The Morgan fingerprint density at radius 3 is 2.23 bits per heavy atom. The zero-order chi connectivity index (χ0) is 16.3. The van der Waals surface area contributed by atoms with Crippen molar-refractivity contribution >= 4 is 29.3 Å². The lowest BCUT2D eigenvalue weighted by Crippen LogP contribution is -2.06. The quantitative estimate of drug-likeness (QED) is 0.771. The summed E-state index contributed by atoms with van der Waals surface area (Å²) in [5.74, 6) is -1.18. The Bertz CT molecular complexity index is 671. The summed E-state index contributed by atoms with van der Waals surface area (Å²) in [6, 6.07) is 11.3. The van der Waals surface area contributed by atoms with E-state index in [0.29, 0.717) is 15.4 Å². The molecule has 1 atom stereocenters. The zero-order valence-electron chi connectivity index (χ0n) is 11.0. The first-order valence-electron chi connectivity index (χ1n) is 6.10. The van der Waals surface area contributed by atoms with Gasteiger partial charge in [-0.2, -0.15) is 13.2 Å². The lowest BCUT2D eigenvalue weighted by Gasteiger charge is -2.12. The lowest BCUT2D eigenvalue weighted by molar-refractivity contribution is -0.138. The minimum atomic E-state index is -4.38. The maximum Gasteiger partial charge on any atom is 0.416 e. The Morgan fingerprint density at radius 1 is 1.09 bits per heavy atom. The number of rotatable bonds is 4. The third kappa shape index (κ3) is 3.96. The van der Waals surface area contributed by atoms with Crippen molar-refractivity contribution in [2.45, 2.75) is 21.3 Å². The van der Waals surface area contributed by atoms with Gasteiger partial charge in [0.1, 0.15) is 0 Å². The summed E-state index contributed by atoms with van der Waals surface area (Å²) in [4.78, 5) is 12.1. The van der Waals surface area contributed by atoms with E-state index < -0.39 is 23.1 Å². The number of carboxylic acids is 1. The van der Waals surface area contributed by atoms with Gasteiger partial charge in [-0.3, -0.25) is 4.79 Å². The third-order valence-corrected chi connectivity index (χ3v) is 4.34. The molecule has 0 radical (unpaired) electrons. The molecule has 0 heterocycles. The highest BCUT2D eigenvalue weighted by Gasteiger charge is 2.30. The molecule has 0 aliphatic rings. The van der Waals surface area contributed by atoms with Crippen LogP contribution in [-0.4, -0.2) is 11.1 Å². The van der Waals surface area contributed by atoms with Crippen LogP contribution in [0.2, 0.25) is 0 Å². The number of alkyl halides is 4. The molecule has 0 aliphatic carbocycles. The van der Waals surface area contributed by atoms with Gasteiger partial charge in [0.2, 0.25) is 0 Å². The van der Waals surface area contributed by atoms with Crippen LogP contribution < -0.4 is 0 Å². The smallest absolute Gasteiger partial charge is 0.416 e. The summed E-state index contributed by atoms with van der Waals surface area (Å²) in [5.41, 5.74) is -0.326. The molecule has 0 saturated carbocycles. The van der Waals surface area contributed by atoms with Crippen molar-refractivity contribution in [3.05, 3.63) is 59.7 Å². The normalized spacial score (nSPS) is 12.9. The Hall–Kier alpha value is -1.66. The summed E-state index contributed by atoms with van der Waals surface area (Å²) in [6.45, 7) is 0. The van der Waals surface area contributed by atoms with E-state index in [4.69, 9.17) is 16.7 Å². The van der Waals surface area contributed by atoms with E-state index >= 15 is 0 Å². The Labute approximate surface area is 133 Å². The van der Waals surface area contributed by atoms with Gasteiger partial charge in [-0.1, -0.05) is 30.0 Å². The predicted molar refractivity (Wildman–Crippen MR) is 78.2 cm³/mol. The first kappa shape index (κ1) is 16.7. The Kier molecular flexibility index (Phi) is 5.03. The predicted octanol–water partition coefficient (Wildman–Crippen LogP) is 5.22. The highest BCUT2D eigenvalue weighted by atomic mass is 35.5. The van der Waals surface area contributed by atoms with Gasteiger partial charge in [0, 0.05) is 9.79 Å². The largest absolute Gasteiger partial charge is 0.480 e. The number of carbonyl (C=O) groups is 1. The monoisotopic (exact) mass is 346 g/mol. The molecule has 7 heteroatoms. The maximum atomic E-state index is 12.5. The molecule has 2 rings (SSSR count). The van der Waals surface area contributed by atoms with Crippen molar-refractivity contribution < 1.29 is 23.1 Å². The van der Waals surface area contributed by atoms with E-state index in [9.17, 15) is 18.0 Å². The van der Waals surface area contributed by atoms with Crippen LogP contribution in [0.1, 0.15) is 16.5 Å². The number of benzene rings is 2. The van der Waals surface area contributed by atoms with Gasteiger partial charge >= 0.3 is 12.1 Å². The molecule has 0 saturated heterocycles. The van der Waals surface area contributed by atoms with E-state index in [2.05, 4.69) is 0 Å². The summed E-state index contributed by atoms with van der Waals surface area (Å²) in [5, 5.41) is 7.78. The third-order valence-electron chi connectivity index (χ3n) is 2.82. The van der Waals surface area contributed by atoms with Crippen LogP contribution in [0.25, 0.3) is 0 Å². The van der Waals surface area contributed by atoms with Crippen LogP contribution in [0.4, 0.5) is 13.2 Å². The van der Waals surface area contributed by atoms with Crippen molar-refractivity contribution in [2.24, 2.45) is 0 Å². The standard InChI is InChI=1S/C15H10ClF3O2S/c16-13(14(20)21)11-3-1-2-4-12(11)22-10-7-5-9(6-8-10)15(17,18)19/h1-8,13H,(H,20,21). The minimum Gasteiger partial charge on any atom is -0.480 e. The minimum absolute atomic E-state index is 0.404. The topological polar surface area (TPSA) is 37.3 Å². The van der Waals surface area contributed by atoms with Crippen LogP contribution in [0.5, 0.6) is 0 Å². The van der Waals surface area contributed by atoms with E-state index in [1.165, 1.54) is 12.1 Å². The second-order valence-electron chi connectivity index (χ2n) is 4.36. The summed E-state index contributed by atoms with van der Waals surface area (Å²) >= 11 is 7.00. The maximum absolute atomic E-state index is 12.5. The summed E-state index contributed by atoms with van der Waals surface area (Å²) in [6.07, 6.45) is -4.38. The molecule has 2 aromatic carbocycles. The molecule has 2 nitrogen and oxygen atoms in total. The van der Waals surface area contributed by atoms with E-state index in [0.717, 1.165) is 23.9 Å². The highest BCUT2D eigenvalue weighted by Crippen LogP contribution is 2.37. The van der Waals surface area contributed by atoms with E-state index in [-0.39, 0.29) is 0 Å². The summed E-state index contributed by atoms with van der Waals surface area (Å²) in [7, 11) is 0. The fourth-order valence-corrected chi connectivity index (χ4v) is 2.99. The molecule has 1 unspecified atom stereocenters. The molecule has 116 valence electrons. The summed E-state index contributed by atoms with van der Waals surface area (Å²) < 4.78 is 37.5. The van der Waals surface area contributed by atoms with Crippen molar-refractivity contribution in [2.75, 3.05) is 0 Å². The molecular weight excluding hydrogens is 337 g/mol. The van der Waals surface area contributed by atoms with Gasteiger partial charge in [-0.05, 0) is 35.9 Å². The van der Waals surface area contributed by atoms with Gasteiger partial charge in [-0.15, -0.1) is 11.6 Å². The van der Waals surface area contributed by atoms with Crippen LogP contribution in [0.15, 0.2) is 58.3 Å². The molecule has 2 aromatic rings. The van der Waals surface area contributed by atoms with Gasteiger partial charge in [0.15, 0.2) is 5.38 Å². The molecule has 0 aliphatic heterocycles. The van der Waals surface area contributed by atoms with E-state index in [1.807, 2.05) is 0 Å². The molecule has 0 spiro atoms. The second kappa shape index (κ2) is 6.62. The van der Waals surface area contributed by atoms with Crippen LogP contribution in [0.3, 0.4) is 0 Å². The van der Waals surface area contributed by atoms with Crippen molar-refractivity contribution in [1.82, 2.24) is 0 Å². The first-order chi connectivity index (χ1) is 10.3. The zero-order valence-corrected chi connectivity index (χ0v) is 12.5. The van der Waals surface area contributed by atoms with Gasteiger partial charge in [0.05, 0.1) is 5.56 Å². The SMILES string of the molecule is O=C(O)C(Cl)c1ccccc1Sc1ccc(C(F)(F)F)cc1.